The molecule has 88 valence electrons. The molecule has 0 heterocycles. The van der Waals surface area contributed by atoms with E-state index in [4.69, 9.17) is 5.73 Å². The largest absolute Gasteiger partial charge is 0.399 e. The van der Waals surface area contributed by atoms with Gasteiger partial charge in [-0.3, -0.25) is 0 Å². The fourth-order valence-electron chi connectivity index (χ4n) is 1.51. The first-order valence-electron chi connectivity index (χ1n) is 5.18. The molecule has 0 spiro atoms. The molecule has 0 aliphatic rings. The molecule has 0 saturated carbocycles. The van der Waals surface area contributed by atoms with Crippen molar-refractivity contribution in [2.24, 2.45) is 0 Å². The van der Waals surface area contributed by atoms with Gasteiger partial charge in [0.2, 0.25) is 0 Å². The van der Waals surface area contributed by atoms with E-state index in [1.54, 1.807) is 6.07 Å². The zero-order chi connectivity index (χ0) is 12.3. The fraction of sp³-hybridized carbons (Fsp3) is 0.0769. The Morgan fingerprint density at radius 1 is 1.00 bits per heavy atom. The Hall–Kier alpha value is -2.10. The number of nitrogen functional groups attached to an aromatic ring is 1. The van der Waals surface area contributed by atoms with E-state index in [2.05, 4.69) is 5.32 Å². The van der Waals surface area contributed by atoms with Crippen LogP contribution in [-0.4, -0.2) is 0 Å². The zero-order valence-corrected chi connectivity index (χ0v) is 9.08. The maximum Gasteiger partial charge on any atom is 0.160 e. The summed E-state index contributed by atoms with van der Waals surface area (Å²) in [5.41, 5.74) is 7.82. The second kappa shape index (κ2) is 4.82. The lowest BCUT2D eigenvalue weighted by atomic mass is 10.2. The van der Waals surface area contributed by atoms with Crippen molar-refractivity contribution in [2.75, 3.05) is 11.1 Å². The Labute approximate surface area is 98.1 Å². The Kier molecular flexibility index (Phi) is 3.23. The van der Waals surface area contributed by atoms with Crippen molar-refractivity contribution >= 4 is 11.4 Å². The molecule has 0 aliphatic heterocycles. The predicted molar refractivity (Wildman–Crippen MR) is 64.5 cm³/mol. The van der Waals surface area contributed by atoms with Crippen LogP contribution in [0.3, 0.4) is 0 Å². The number of hydrogen-bond acceptors (Lipinski definition) is 2. The Morgan fingerprint density at radius 2 is 1.82 bits per heavy atom. The van der Waals surface area contributed by atoms with Crippen LogP contribution in [0.1, 0.15) is 5.56 Å². The van der Waals surface area contributed by atoms with Crippen molar-refractivity contribution in [1.82, 2.24) is 0 Å². The zero-order valence-electron chi connectivity index (χ0n) is 9.08. The first kappa shape index (κ1) is 11.4. The summed E-state index contributed by atoms with van der Waals surface area (Å²) in [7, 11) is 0. The quantitative estimate of drug-likeness (QED) is 0.800. The van der Waals surface area contributed by atoms with Crippen LogP contribution in [0.5, 0.6) is 0 Å². The average Bonchev–Trinajstić information content (AvgIpc) is 2.31. The van der Waals surface area contributed by atoms with Crippen molar-refractivity contribution in [3.63, 3.8) is 0 Å². The smallest absolute Gasteiger partial charge is 0.160 e. The van der Waals surface area contributed by atoms with E-state index in [1.807, 2.05) is 18.2 Å². The van der Waals surface area contributed by atoms with Crippen molar-refractivity contribution in [1.29, 1.82) is 0 Å². The molecular weight excluding hydrogens is 222 g/mol. The van der Waals surface area contributed by atoms with Gasteiger partial charge < -0.3 is 11.1 Å². The average molecular weight is 234 g/mol. The van der Waals surface area contributed by atoms with Gasteiger partial charge in [0.25, 0.3) is 0 Å². The van der Waals surface area contributed by atoms with Crippen LogP contribution >= 0.6 is 0 Å². The summed E-state index contributed by atoms with van der Waals surface area (Å²) in [6, 6.07) is 11.1. The number of nitrogens with one attached hydrogen (secondary N) is 1. The normalized spacial score (nSPS) is 10.2. The van der Waals surface area contributed by atoms with Crippen LogP contribution in [0.25, 0.3) is 0 Å². The van der Waals surface area contributed by atoms with E-state index in [-0.39, 0.29) is 0 Å². The lowest BCUT2D eigenvalue weighted by molar-refractivity contribution is 0.509. The maximum absolute atomic E-state index is 12.9. The van der Waals surface area contributed by atoms with Gasteiger partial charge in [-0.2, -0.15) is 0 Å². The van der Waals surface area contributed by atoms with E-state index in [9.17, 15) is 8.78 Å². The second-order valence-electron chi connectivity index (χ2n) is 3.73. The Bertz CT molecular complexity index is 527. The van der Waals surface area contributed by atoms with Crippen molar-refractivity contribution in [3.8, 4) is 0 Å². The van der Waals surface area contributed by atoms with Crippen LogP contribution in [0.15, 0.2) is 42.5 Å². The molecule has 0 radical (unpaired) electrons. The summed E-state index contributed by atoms with van der Waals surface area (Å²) >= 11 is 0. The maximum atomic E-state index is 12.9. The molecule has 0 saturated heterocycles. The summed E-state index contributed by atoms with van der Waals surface area (Å²) in [5, 5.41) is 2.99. The minimum Gasteiger partial charge on any atom is -0.399 e. The van der Waals surface area contributed by atoms with Gasteiger partial charge in [-0.25, -0.2) is 8.78 Å². The molecule has 2 rings (SSSR count). The van der Waals surface area contributed by atoms with E-state index in [0.717, 1.165) is 17.7 Å². The minimum atomic E-state index is -0.859. The van der Waals surface area contributed by atoms with Crippen LogP contribution in [0.2, 0.25) is 0 Å². The molecule has 0 aliphatic carbocycles. The molecule has 2 aromatic carbocycles. The highest BCUT2D eigenvalue weighted by atomic mass is 19.2. The topological polar surface area (TPSA) is 38.0 Å². The number of halogens is 2. The van der Waals surface area contributed by atoms with Gasteiger partial charge >= 0.3 is 0 Å². The summed E-state index contributed by atoms with van der Waals surface area (Å²) in [5.74, 6) is -1.71. The highest BCUT2D eigenvalue weighted by molar-refractivity contribution is 5.46. The molecular formula is C13H12F2N2. The van der Waals surface area contributed by atoms with Gasteiger partial charge in [0.15, 0.2) is 11.6 Å². The molecule has 2 aromatic rings. The van der Waals surface area contributed by atoms with Crippen molar-refractivity contribution < 1.29 is 8.78 Å². The second-order valence-corrected chi connectivity index (χ2v) is 3.73. The Morgan fingerprint density at radius 3 is 2.53 bits per heavy atom. The molecule has 2 nitrogen and oxygen atoms in total. The number of anilines is 2. The monoisotopic (exact) mass is 234 g/mol. The molecule has 0 amide bonds. The molecule has 0 atom stereocenters. The number of rotatable bonds is 3. The van der Waals surface area contributed by atoms with Crippen molar-refractivity contribution in [2.45, 2.75) is 6.54 Å². The van der Waals surface area contributed by atoms with E-state index in [0.29, 0.717) is 17.9 Å². The summed E-state index contributed by atoms with van der Waals surface area (Å²) in [6.45, 7) is 0.510. The number of benzene rings is 2. The van der Waals surface area contributed by atoms with Gasteiger partial charge in [0, 0.05) is 24.0 Å². The molecule has 17 heavy (non-hydrogen) atoms. The summed E-state index contributed by atoms with van der Waals surface area (Å²) < 4.78 is 25.6. The first-order valence-corrected chi connectivity index (χ1v) is 5.18. The number of nitrogens with two attached hydrogens (primary N) is 1. The van der Waals surface area contributed by atoms with Crippen LogP contribution in [0, 0.1) is 11.6 Å². The fourth-order valence-corrected chi connectivity index (χ4v) is 1.51. The van der Waals surface area contributed by atoms with Gasteiger partial charge in [-0.1, -0.05) is 12.1 Å². The van der Waals surface area contributed by atoms with E-state index >= 15 is 0 Å². The highest BCUT2D eigenvalue weighted by Crippen LogP contribution is 2.15. The molecule has 3 N–H and O–H groups in total. The van der Waals surface area contributed by atoms with Gasteiger partial charge in [0.05, 0.1) is 0 Å². The van der Waals surface area contributed by atoms with E-state index < -0.39 is 11.6 Å². The predicted octanol–water partition coefficient (Wildman–Crippen LogP) is 3.16. The van der Waals surface area contributed by atoms with Crippen LogP contribution < -0.4 is 11.1 Å². The van der Waals surface area contributed by atoms with Crippen LogP contribution in [-0.2, 0) is 6.54 Å². The van der Waals surface area contributed by atoms with Gasteiger partial charge in [-0.05, 0) is 29.8 Å². The van der Waals surface area contributed by atoms with Crippen LogP contribution in [0.4, 0.5) is 20.2 Å². The lowest BCUT2D eigenvalue weighted by Gasteiger charge is -2.07. The lowest BCUT2D eigenvalue weighted by Crippen LogP contribution is -2.00. The molecule has 0 bridgehead atoms. The van der Waals surface area contributed by atoms with Gasteiger partial charge in [0.1, 0.15) is 0 Å². The van der Waals surface area contributed by atoms with Gasteiger partial charge in [-0.15, -0.1) is 0 Å². The molecule has 0 unspecified atom stereocenters. The molecule has 4 heteroatoms. The third kappa shape index (κ3) is 2.93. The number of hydrogen-bond donors (Lipinski definition) is 2. The summed E-state index contributed by atoms with van der Waals surface area (Å²) in [4.78, 5) is 0. The minimum absolute atomic E-state index is 0.510. The van der Waals surface area contributed by atoms with Crippen molar-refractivity contribution in [3.05, 3.63) is 59.7 Å². The third-order valence-electron chi connectivity index (χ3n) is 2.37. The standard InChI is InChI=1S/C13H12F2N2/c14-12-5-4-11(7-13(12)15)17-8-9-2-1-3-10(16)6-9/h1-7,17H,8,16H2. The Balaban J connectivity index is 2.05. The summed E-state index contributed by atoms with van der Waals surface area (Å²) in [6.07, 6.45) is 0. The van der Waals surface area contributed by atoms with E-state index in [1.165, 1.54) is 6.07 Å². The first-order chi connectivity index (χ1) is 8.15. The molecule has 0 fully saturated rings. The third-order valence-corrected chi connectivity index (χ3v) is 2.37. The SMILES string of the molecule is Nc1cccc(CNc2ccc(F)c(F)c2)c1. The highest BCUT2D eigenvalue weighted by Gasteiger charge is 2.02. The molecule has 0 aromatic heterocycles.